The Labute approximate surface area is 156 Å². The third kappa shape index (κ3) is 4.17. The molecule has 0 radical (unpaired) electrons. The zero-order valence-corrected chi connectivity index (χ0v) is 18.7. The Kier molecular flexibility index (Phi) is 5.42. The molecule has 6 nitrogen and oxygen atoms in total. The van der Waals surface area contributed by atoms with E-state index < -0.39 is 27.4 Å². The normalized spacial score (nSPS) is 20.4. The number of halogens is 1. The Bertz CT molecular complexity index is 672. The van der Waals surface area contributed by atoms with Crippen LogP contribution in [-0.4, -0.2) is 78.5 Å². The first-order valence-electron chi connectivity index (χ1n) is 8.85. The summed E-state index contributed by atoms with van der Waals surface area (Å²) >= 11 is -2.64. The second-order valence-corrected chi connectivity index (χ2v) is 13.9. The number of nitrogens with zero attached hydrogens (tertiary/aromatic N) is 4. The van der Waals surface area contributed by atoms with E-state index in [0.29, 0.717) is 15.2 Å². The van der Waals surface area contributed by atoms with E-state index in [2.05, 4.69) is 31.9 Å². The van der Waals surface area contributed by atoms with Crippen molar-refractivity contribution < 1.29 is 14.0 Å². The summed E-state index contributed by atoms with van der Waals surface area (Å²) < 4.78 is 26.8. The van der Waals surface area contributed by atoms with E-state index in [4.69, 9.17) is 4.52 Å². The first-order chi connectivity index (χ1) is 11.7. The number of hydrogen-bond donors (Lipinski definition) is 1. The molecule has 1 aromatic rings. The van der Waals surface area contributed by atoms with Crippen molar-refractivity contribution in [1.82, 2.24) is 15.0 Å². The molecule has 0 bridgehead atoms. The van der Waals surface area contributed by atoms with Crippen LogP contribution in [0.25, 0.3) is 0 Å². The van der Waals surface area contributed by atoms with Gasteiger partial charge in [0.15, 0.2) is 0 Å². The van der Waals surface area contributed by atoms with Crippen LogP contribution in [0.1, 0.15) is 52.3 Å². The van der Waals surface area contributed by atoms with Crippen molar-refractivity contribution in [2.24, 2.45) is 2.98 Å². The summed E-state index contributed by atoms with van der Waals surface area (Å²) in [6.07, 6.45) is 3.66. The van der Waals surface area contributed by atoms with E-state index in [1.54, 1.807) is 6.08 Å². The van der Waals surface area contributed by atoms with Crippen LogP contribution in [0.5, 0.6) is 0 Å². The summed E-state index contributed by atoms with van der Waals surface area (Å²) in [4.78, 5) is 6.91. The van der Waals surface area contributed by atoms with Gasteiger partial charge in [0.2, 0.25) is 0 Å². The molecule has 3 rings (SSSR count). The summed E-state index contributed by atoms with van der Waals surface area (Å²) in [6.45, 7) is 9.11. The van der Waals surface area contributed by atoms with Gasteiger partial charge in [0.05, 0.1) is 0 Å². The fraction of sp³-hybridized carbons (Fsp3) is 0.706. The minimum absolute atomic E-state index is 0.149. The van der Waals surface area contributed by atoms with Crippen LogP contribution in [0.2, 0.25) is 0 Å². The standard InChI is InChI=1S/C11H18N3O2.C6H8FN.In/c1-11(2,7-15)14-5-3-9(4-6-14)10-12-8-13-16-10;1-4-5(8)6(2,3)7;/h9,15H,3-7H2,1-2H3;1,4H,2-3H3;/q;-1;+1. The molecule has 1 fully saturated rings. The van der Waals surface area contributed by atoms with E-state index in [0.717, 1.165) is 25.9 Å². The summed E-state index contributed by atoms with van der Waals surface area (Å²) in [7, 11) is 0. The summed E-state index contributed by atoms with van der Waals surface area (Å²) in [5.41, 5.74) is -1.11. The molecule has 25 heavy (non-hydrogen) atoms. The molecule has 1 aromatic heterocycles. The molecule has 0 amide bonds. The molecule has 0 aromatic carbocycles. The van der Waals surface area contributed by atoms with Crippen LogP contribution >= 0.6 is 0 Å². The minimum atomic E-state index is -2.64. The second-order valence-electron chi connectivity index (χ2n) is 8.01. The topological polar surface area (TPSA) is 74.8 Å². The monoisotopic (exact) mass is 452 g/mol. The third-order valence-electron chi connectivity index (χ3n) is 5.13. The number of allylic oxidation sites excluding steroid dienone is 1. The number of piperidine rings is 1. The van der Waals surface area contributed by atoms with Gasteiger partial charge in [0, 0.05) is 0 Å². The molecule has 8 heteroatoms. The van der Waals surface area contributed by atoms with Gasteiger partial charge in [-0.15, -0.1) is 0 Å². The van der Waals surface area contributed by atoms with Crippen molar-refractivity contribution in [2.75, 3.05) is 19.7 Å². The van der Waals surface area contributed by atoms with E-state index in [-0.39, 0.29) is 18.1 Å². The summed E-state index contributed by atoms with van der Waals surface area (Å²) in [6, 6.07) is 0. The Morgan fingerprint density at radius 2 is 2.00 bits per heavy atom. The van der Waals surface area contributed by atoms with E-state index in [9.17, 15) is 9.50 Å². The van der Waals surface area contributed by atoms with Crippen LogP contribution in [-0.2, 0) is 0 Å². The van der Waals surface area contributed by atoms with E-state index >= 15 is 0 Å². The first-order valence-corrected chi connectivity index (χ1v) is 13.9. The summed E-state index contributed by atoms with van der Waals surface area (Å²) in [5.74, 6) is 0.939. The number of rotatable bonds is 5. The molecule has 2 aliphatic rings. The predicted octanol–water partition coefficient (Wildman–Crippen LogP) is 1.52. The number of aliphatic hydroxyl groups is 1. The van der Waals surface area contributed by atoms with Crippen molar-refractivity contribution in [2.45, 2.75) is 57.7 Å². The maximum atomic E-state index is 14.0. The molecule has 0 atom stereocenters. The van der Waals surface area contributed by atoms with Gasteiger partial charge in [-0.1, -0.05) is 0 Å². The van der Waals surface area contributed by atoms with Gasteiger partial charge >= 0.3 is 156 Å². The third-order valence-corrected chi connectivity index (χ3v) is 10.5. The number of aliphatic hydroxyl groups excluding tert-OH is 1. The molecule has 1 saturated heterocycles. The Balaban J connectivity index is 1.64. The molecular formula is C17H26FInN4O2. The number of alkyl halides is 1. The molecule has 0 saturated carbocycles. The van der Waals surface area contributed by atoms with Gasteiger partial charge in [-0.25, -0.2) is 0 Å². The van der Waals surface area contributed by atoms with Crippen molar-refractivity contribution in [1.29, 1.82) is 0 Å². The first kappa shape index (κ1) is 19.0. The van der Waals surface area contributed by atoms with Crippen LogP contribution < -0.4 is 3.58 Å². The van der Waals surface area contributed by atoms with Gasteiger partial charge in [-0.2, -0.15) is 0 Å². The van der Waals surface area contributed by atoms with E-state index in [1.807, 2.05) is 3.83 Å². The van der Waals surface area contributed by atoms with E-state index in [1.165, 1.54) is 13.8 Å². The van der Waals surface area contributed by atoms with Crippen molar-refractivity contribution >= 4 is 31.0 Å². The predicted molar refractivity (Wildman–Crippen MR) is 96.2 cm³/mol. The quantitative estimate of drug-likeness (QED) is 0.734. The second kappa shape index (κ2) is 7.12. The zero-order valence-electron chi connectivity index (χ0n) is 15.4. The van der Waals surface area contributed by atoms with Gasteiger partial charge in [0.25, 0.3) is 0 Å². The van der Waals surface area contributed by atoms with Crippen LogP contribution in [0.3, 0.4) is 0 Å². The fourth-order valence-electron chi connectivity index (χ4n) is 3.28. The van der Waals surface area contributed by atoms with Crippen molar-refractivity contribution in [3.05, 3.63) is 15.8 Å². The van der Waals surface area contributed by atoms with Gasteiger partial charge in [0.1, 0.15) is 0 Å². The fourth-order valence-corrected chi connectivity index (χ4v) is 8.56. The molecule has 2 aliphatic heterocycles. The van der Waals surface area contributed by atoms with Gasteiger partial charge in [-0.3, -0.25) is 0 Å². The molecule has 0 spiro atoms. The van der Waals surface area contributed by atoms with Crippen LogP contribution in [0, 0.1) is 0 Å². The van der Waals surface area contributed by atoms with Crippen LogP contribution in [0.4, 0.5) is 4.39 Å². The molecule has 136 valence electrons. The summed E-state index contributed by atoms with van der Waals surface area (Å²) in [5, 5.41) is 13.7. The maximum absolute atomic E-state index is 14.0. The molecule has 0 unspecified atom stereocenters. The number of hydrogen-bond acceptors (Lipinski definition) is 6. The molecular weight excluding hydrogens is 426 g/mol. The zero-order chi connectivity index (χ0) is 18.2. The Morgan fingerprint density at radius 3 is 2.56 bits per heavy atom. The Hall–Kier alpha value is -0.730. The number of aromatic nitrogens is 2. The Morgan fingerprint density at radius 1 is 1.32 bits per heavy atom. The number of likely N-dealkylation sites (tertiary alicyclic amines) is 1. The van der Waals surface area contributed by atoms with Crippen molar-refractivity contribution in [3.8, 4) is 0 Å². The van der Waals surface area contributed by atoms with Gasteiger partial charge in [-0.05, 0) is 0 Å². The molecule has 0 aliphatic carbocycles. The average molecular weight is 452 g/mol. The van der Waals surface area contributed by atoms with Crippen molar-refractivity contribution in [3.63, 3.8) is 0 Å². The average Bonchev–Trinajstić information content (AvgIpc) is 3.23. The SMILES string of the molecule is CC(C)(F)C1=[N][In]([c]2noc(C3CCN(C(C)(C)CO)CC3)n2)[CH]=C1. The molecule has 3 heterocycles. The van der Waals surface area contributed by atoms with Gasteiger partial charge < -0.3 is 0 Å². The molecule has 1 N–H and O–H groups in total. The van der Waals surface area contributed by atoms with Crippen LogP contribution in [0.15, 0.2) is 17.4 Å².